The minimum Gasteiger partial charge on any atom is -0.545 e. The Morgan fingerprint density at radius 1 is 0.174 bits per heavy atom. The molecule has 0 saturated carbocycles. The topological polar surface area (TPSA) is 670 Å². The molecular formula is C96H70N16O22Zn4+2. The molecule has 38 nitrogen and oxygen atoms in total. The second-order valence-electron chi connectivity index (χ2n) is 26.0. The van der Waals surface area contributed by atoms with Crippen LogP contribution >= 0.6 is 0 Å². The Bertz CT molecular complexity index is 5610. The zero-order valence-corrected chi connectivity index (χ0v) is 84.0. The van der Waals surface area contributed by atoms with Crippen LogP contribution in [-0.2, 0) is 88.9 Å². The van der Waals surface area contributed by atoms with Gasteiger partial charge < -0.3 is 111 Å². The van der Waals surface area contributed by atoms with Gasteiger partial charge in [-0.05, 0) is 267 Å². The number of nitrogens with zero attached hydrogens (tertiary/aromatic N) is 16. The Balaban J connectivity index is 0.000000408. The summed E-state index contributed by atoms with van der Waals surface area (Å²) in [5.41, 5.74) is 6.37. The van der Waals surface area contributed by atoms with Crippen LogP contribution in [-0.4, -0.2) is 108 Å². The average molecular weight is 2060 g/mol. The first-order valence-corrected chi connectivity index (χ1v) is 38.1. The molecule has 42 heteroatoms. The number of carbonyl (C=O) groups is 8. The number of rotatable bonds is 20. The van der Waals surface area contributed by atoms with Crippen molar-refractivity contribution in [1.29, 1.82) is 0 Å². The predicted octanol–water partition coefficient (Wildman–Crippen LogP) is 8.86. The molecule has 0 aliphatic heterocycles. The standard InChI is InChI=1S/4C14H10N2O5.4C10H8N2.2H2O.4Zn/c4*17-12-3-1-10(2-4-12)15-16-11-6-8(13(18)19)5-9(7-11)14(20)21;4*1-3-7-11-9(5-1)10-6-2-4-8-12-10;;;;;;/h4*1-7,17H,(H,18,19)(H,20,21);4*1-8H;2*1H2;;;;/q;;;;;;;;;;4*+2/p-6. The van der Waals surface area contributed by atoms with E-state index in [1.165, 1.54) is 97.1 Å². The number of phenolic OH excluding ortho intramolecular Hbond substituents is 4. The van der Waals surface area contributed by atoms with Gasteiger partial charge in [0.05, 0.1) is 139 Å². The fourth-order valence-electron chi connectivity index (χ4n) is 10.3. The van der Waals surface area contributed by atoms with Crippen molar-refractivity contribution in [3.8, 4) is 68.5 Å². The fraction of sp³-hybridized carbons (Fsp3) is 0. The number of phenols is 4. The number of aromatic carboxylic acids is 8. The Morgan fingerprint density at radius 3 is 0.391 bits per heavy atom. The van der Waals surface area contributed by atoms with Crippen LogP contribution in [0.3, 0.4) is 0 Å². The van der Waals surface area contributed by atoms with Crippen LogP contribution in [0.2, 0.25) is 0 Å². The third-order valence-electron chi connectivity index (χ3n) is 16.4. The molecule has 16 aromatic rings. The van der Waals surface area contributed by atoms with E-state index in [2.05, 4.69) is 80.8 Å². The summed E-state index contributed by atoms with van der Waals surface area (Å²) in [6.45, 7) is 0. The first-order valence-electron chi connectivity index (χ1n) is 38.1. The summed E-state index contributed by atoms with van der Waals surface area (Å²) in [7, 11) is 0. The van der Waals surface area contributed by atoms with Gasteiger partial charge in [-0.2, -0.15) is 40.9 Å². The maximum Gasteiger partial charge on any atom is 2.00 e. The first-order chi connectivity index (χ1) is 63.7. The molecule has 0 unspecified atom stereocenters. The van der Waals surface area contributed by atoms with Crippen LogP contribution < -0.4 is 40.9 Å². The summed E-state index contributed by atoms with van der Waals surface area (Å²) >= 11 is 0. The molecular weight excluding hydrogens is 1990 g/mol. The van der Waals surface area contributed by atoms with Gasteiger partial charge in [0.25, 0.3) is 0 Å². The van der Waals surface area contributed by atoms with Gasteiger partial charge in [0.15, 0.2) is 0 Å². The summed E-state index contributed by atoms with van der Waals surface area (Å²) in [6.07, 6.45) is 14.1. The number of hydrogen-bond acceptors (Lipinski definition) is 36. The van der Waals surface area contributed by atoms with Crippen molar-refractivity contribution in [2.24, 2.45) is 40.9 Å². The smallest absolute Gasteiger partial charge is 0.545 e. The Labute approximate surface area is 834 Å². The van der Waals surface area contributed by atoms with Crippen LogP contribution in [0.5, 0.6) is 23.0 Å². The van der Waals surface area contributed by atoms with Gasteiger partial charge in [-0.25, -0.2) is 0 Å². The van der Waals surface area contributed by atoms with Crippen molar-refractivity contribution in [1.82, 2.24) is 39.9 Å². The fourth-order valence-corrected chi connectivity index (χ4v) is 10.3. The number of carboxylic acids is 8. The number of azo groups is 4. The largest absolute Gasteiger partial charge is 2.00 e. The normalized spacial score (nSPS) is 9.86. The molecule has 8 heterocycles. The Morgan fingerprint density at radius 2 is 0.290 bits per heavy atom. The molecule has 0 amide bonds. The van der Waals surface area contributed by atoms with Crippen LogP contribution in [0.1, 0.15) is 82.9 Å². The quantitative estimate of drug-likeness (QED) is 0.0314. The average Bonchev–Trinajstić information content (AvgIpc) is 0.846. The number of aromatic hydroxyl groups is 4. The van der Waals surface area contributed by atoms with Gasteiger partial charge in [0.1, 0.15) is 23.0 Å². The van der Waals surface area contributed by atoms with E-state index in [1.807, 2.05) is 146 Å². The zero-order valence-electron chi connectivity index (χ0n) is 72.1. The number of carbonyl (C=O) groups excluding carboxylic acids is 8. The van der Waals surface area contributed by atoms with Gasteiger partial charge in [0.2, 0.25) is 0 Å². The summed E-state index contributed by atoms with van der Waals surface area (Å²) in [5, 5.41) is 153. The van der Waals surface area contributed by atoms with Crippen molar-refractivity contribution in [3.05, 3.63) is 410 Å². The monoisotopic (exact) mass is 2050 g/mol. The SMILES string of the molecule is O=C([O-])c1cc(N=Nc2ccc(O)cc2)cc(C(=O)[O-])c1.O=C([O-])c1cc(N=Nc2ccc(O)cc2)cc(C(=O)[O-])c1.O=C([O-])c1cc(N=Nc2ccc(O)cc2)cc(C(=O)[O-])c1.O=C([O-])c1cc(N=Nc2ccc(O)cc2)cc(C(=O)[O-])c1.[OH3+].[OH3+].[Zn+2].[Zn+2].[Zn+2].[Zn+2].c1ccc(-c2ccccn2)nc1.c1ccc(-c2ccccn2)nc1.c1ccc(-c2ccccn2)nc1.c1ccc(-c2ccccn2)nc1. The van der Waals surface area contributed by atoms with Crippen molar-refractivity contribution < 1.29 is 188 Å². The number of benzene rings is 8. The summed E-state index contributed by atoms with van der Waals surface area (Å²) in [6, 6.07) is 82.2. The molecule has 0 bridgehead atoms. The van der Waals surface area contributed by atoms with Crippen LogP contribution in [0.4, 0.5) is 45.5 Å². The minimum absolute atomic E-state index is 0. The third kappa shape index (κ3) is 40.0. The molecule has 10 N–H and O–H groups in total. The Kier molecular flexibility index (Phi) is 50.6. The first kappa shape index (κ1) is 115. The molecule has 672 valence electrons. The van der Waals surface area contributed by atoms with E-state index >= 15 is 0 Å². The second-order valence-corrected chi connectivity index (χ2v) is 26.0. The van der Waals surface area contributed by atoms with Crippen molar-refractivity contribution in [2.75, 3.05) is 0 Å². The van der Waals surface area contributed by atoms with Crippen molar-refractivity contribution >= 4 is 93.3 Å². The molecule has 0 atom stereocenters. The number of pyridine rings is 8. The molecule has 8 aromatic carbocycles. The summed E-state index contributed by atoms with van der Waals surface area (Å²) in [5.74, 6) is -12.0. The number of hydrogen-bond donors (Lipinski definition) is 4. The molecule has 0 aliphatic carbocycles. The molecule has 0 fully saturated rings. The van der Waals surface area contributed by atoms with Gasteiger partial charge in [-0.15, -0.1) is 0 Å². The maximum atomic E-state index is 10.8. The molecule has 0 aliphatic rings. The zero-order chi connectivity index (χ0) is 94.5. The van der Waals surface area contributed by atoms with Gasteiger partial charge in [0, 0.05) is 94.1 Å². The number of carboxylic acid groups (broad SMARTS) is 8. The van der Waals surface area contributed by atoms with E-state index in [9.17, 15) is 79.2 Å². The second kappa shape index (κ2) is 60.7. The molecule has 16 rings (SSSR count). The number of aromatic nitrogens is 8. The van der Waals surface area contributed by atoms with E-state index < -0.39 is 47.8 Å². The van der Waals surface area contributed by atoms with Gasteiger partial charge in [-0.1, -0.05) is 48.5 Å². The molecule has 0 spiro atoms. The third-order valence-corrected chi connectivity index (χ3v) is 16.4. The van der Waals surface area contributed by atoms with E-state index in [1.54, 1.807) is 49.6 Å². The van der Waals surface area contributed by atoms with Crippen molar-refractivity contribution in [3.63, 3.8) is 0 Å². The molecule has 0 radical (unpaired) electrons. The van der Waals surface area contributed by atoms with Crippen molar-refractivity contribution in [2.45, 2.75) is 0 Å². The Hall–Kier alpha value is -17.3. The van der Waals surface area contributed by atoms with Crippen LogP contribution in [0.15, 0.2) is 406 Å². The van der Waals surface area contributed by atoms with E-state index in [-0.39, 0.29) is 179 Å². The summed E-state index contributed by atoms with van der Waals surface area (Å²) < 4.78 is 0. The molecule has 0 saturated heterocycles. The van der Waals surface area contributed by atoms with E-state index in [0.29, 0.717) is 22.7 Å². The van der Waals surface area contributed by atoms with E-state index in [0.717, 1.165) is 118 Å². The predicted molar refractivity (Wildman–Crippen MR) is 469 cm³/mol. The van der Waals surface area contributed by atoms with Crippen LogP contribution in [0.25, 0.3) is 45.6 Å². The summed E-state index contributed by atoms with van der Waals surface area (Å²) in [4.78, 5) is 120. The van der Waals surface area contributed by atoms with Gasteiger partial charge >= 0.3 is 77.9 Å². The minimum atomic E-state index is -1.53. The van der Waals surface area contributed by atoms with E-state index in [4.69, 9.17) is 20.4 Å². The van der Waals surface area contributed by atoms with Crippen LogP contribution in [0, 0.1) is 0 Å². The molecule has 138 heavy (non-hydrogen) atoms. The van der Waals surface area contributed by atoms with Gasteiger partial charge in [-0.3, -0.25) is 39.9 Å². The molecule has 8 aromatic heterocycles. The maximum absolute atomic E-state index is 10.8.